The highest BCUT2D eigenvalue weighted by Gasteiger charge is 2.05. The number of anilines is 1. The molecular formula is C19H18N2OS. The number of aryl methyl sites for hydroxylation is 2. The highest BCUT2D eigenvalue weighted by molar-refractivity contribution is 7.13. The third kappa shape index (κ3) is 4.27. The molecule has 0 radical (unpaired) electrons. The predicted molar refractivity (Wildman–Crippen MR) is 95.7 cm³/mol. The van der Waals surface area contributed by atoms with Gasteiger partial charge in [-0.25, -0.2) is 4.98 Å². The van der Waals surface area contributed by atoms with Crippen LogP contribution in [0, 0.1) is 6.92 Å². The van der Waals surface area contributed by atoms with Crippen molar-refractivity contribution >= 4 is 22.9 Å². The maximum Gasteiger partial charge on any atom is 0.224 e. The van der Waals surface area contributed by atoms with Crippen LogP contribution in [0.2, 0.25) is 0 Å². The zero-order chi connectivity index (χ0) is 16.1. The number of amides is 1. The fourth-order valence-corrected chi connectivity index (χ4v) is 2.94. The normalized spacial score (nSPS) is 10.5. The minimum Gasteiger partial charge on any atom is -0.326 e. The summed E-state index contributed by atoms with van der Waals surface area (Å²) in [6.07, 6.45) is 3.03. The Morgan fingerprint density at radius 1 is 1.09 bits per heavy atom. The molecule has 1 aromatic heterocycles. The molecule has 4 heteroatoms. The molecule has 0 saturated heterocycles. The van der Waals surface area contributed by atoms with Crippen LogP contribution in [0.4, 0.5) is 5.69 Å². The SMILES string of the molecule is Cc1ccc(CCC(=O)Nc2ccc(-c3nccs3)cc2)cc1. The first kappa shape index (κ1) is 15.4. The number of thiazole rings is 1. The van der Waals surface area contributed by atoms with Crippen LogP contribution < -0.4 is 5.32 Å². The molecule has 1 N–H and O–H groups in total. The van der Waals surface area contributed by atoms with Gasteiger partial charge in [-0.1, -0.05) is 29.8 Å². The molecule has 0 unspecified atom stereocenters. The van der Waals surface area contributed by atoms with E-state index in [-0.39, 0.29) is 5.91 Å². The van der Waals surface area contributed by atoms with Gasteiger partial charge in [-0.15, -0.1) is 11.3 Å². The van der Waals surface area contributed by atoms with Gasteiger partial charge < -0.3 is 5.32 Å². The van der Waals surface area contributed by atoms with Crippen LogP contribution in [-0.4, -0.2) is 10.9 Å². The van der Waals surface area contributed by atoms with Gasteiger partial charge in [-0.2, -0.15) is 0 Å². The van der Waals surface area contributed by atoms with E-state index in [0.717, 1.165) is 22.7 Å². The van der Waals surface area contributed by atoms with Gasteiger partial charge in [0.15, 0.2) is 0 Å². The van der Waals surface area contributed by atoms with Crippen LogP contribution in [0.3, 0.4) is 0 Å². The van der Waals surface area contributed by atoms with Crippen LogP contribution in [0.25, 0.3) is 10.6 Å². The second-order valence-electron chi connectivity index (χ2n) is 5.45. The van der Waals surface area contributed by atoms with Crippen LogP contribution in [0.1, 0.15) is 17.5 Å². The number of carbonyl (C=O) groups excluding carboxylic acids is 1. The van der Waals surface area contributed by atoms with Gasteiger partial charge in [0.05, 0.1) is 0 Å². The van der Waals surface area contributed by atoms with Crippen molar-refractivity contribution in [1.82, 2.24) is 4.98 Å². The molecule has 3 nitrogen and oxygen atoms in total. The van der Waals surface area contributed by atoms with Crippen molar-refractivity contribution < 1.29 is 4.79 Å². The van der Waals surface area contributed by atoms with Crippen molar-refractivity contribution in [2.24, 2.45) is 0 Å². The summed E-state index contributed by atoms with van der Waals surface area (Å²) in [7, 11) is 0. The van der Waals surface area contributed by atoms with E-state index < -0.39 is 0 Å². The van der Waals surface area contributed by atoms with Crippen molar-refractivity contribution in [3.8, 4) is 10.6 Å². The number of aromatic nitrogens is 1. The topological polar surface area (TPSA) is 42.0 Å². The smallest absolute Gasteiger partial charge is 0.224 e. The Bertz CT molecular complexity index is 762. The minimum atomic E-state index is 0.0348. The van der Waals surface area contributed by atoms with E-state index in [9.17, 15) is 4.79 Å². The van der Waals surface area contributed by atoms with Crippen molar-refractivity contribution in [2.75, 3.05) is 5.32 Å². The Labute approximate surface area is 140 Å². The standard InChI is InChI=1S/C19H18N2OS/c1-14-2-4-15(5-3-14)6-11-18(22)21-17-9-7-16(8-10-17)19-20-12-13-23-19/h2-5,7-10,12-13H,6,11H2,1H3,(H,21,22). The first-order chi connectivity index (χ1) is 11.2. The summed E-state index contributed by atoms with van der Waals surface area (Å²) in [5.41, 5.74) is 4.31. The maximum absolute atomic E-state index is 12.0. The van der Waals surface area contributed by atoms with Gasteiger partial charge in [0.1, 0.15) is 5.01 Å². The van der Waals surface area contributed by atoms with Crippen LogP contribution in [-0.2, 0) is 11.2 Å². The third-order valence-corrected chi connectivity index (χ3v) is 4.43. The van der Waals surface area contributed by atoms with Crippen molar-refractivity contribution in [2.45, 2.75) is 19.8 Å². The number of benzene rings is 2. The van der Waals surface area contributed by atoms with E-state index in [1.165, 1.54) is 11.1 Å². The Kier molecular flexibility index (Phi) is 4.83. The van der Waals surface area contributed by atoms with Gasteiger partial charge in [0.25, 0.3) is 0 Å². The molecule has 3 aromatic rings. The lowest BCUT2D eigenvalue weighted by Gasteiger charge is -2.06. The van der Waals surface area contributed by atoms with Crippen molar-refractivity contribution in [3.63, 3.8) is 0 Å². The second-order valence-corrected chi connectivity index (χ2v) is 6.34. The Morgan fingerprint density at radius 3 is 2.48 bits per heavy atom. The van der Waals surface area contributed by atoms with Crippen molar-refractivity contribution in [1.29, 1.82) is 0 Å². The predicted octanol–water partition coefficient (Wildman–Crippen LogP) is 4.69. The fraction of sp³-hybridized carbons (Fsp3) is 0.158. The van der Waals surface area contributed by atoms with Crippen molar-refractivity contribution in [3.05, 3.63) is 71.2 Å². The summed E-state index contributed by atoms with van der Waals surface area (Å²) in [5, 5.41) is 5.88. The fourth-order valence-electron chi connectivity index (χ4n) is 2.30. The van der Waals surface area contributed by atoms with Gasteiger partial charge in [0, 0.05) is 29.2 Å². The average molecular weight is 322 g/mol. The van der Waals surface area contributed by atoms with Gasteiger partial charge in [0.2, 0.25) is 5.91 Å². The molecule has 23 heavy (non-hydrogen) atoms. The largest absolute Gasteiger partial charge is 0.326 e. The zero-order valence-corrected chi connectivity index (χ0v) is 13.8. The zero-order valence-electron chi connectivity index (χ0n) is 13.0. The van der Waals surface area contributed by atoms with E-state index in [2.05, 4.69) is 41.5 Å². The molecule has 3 rings (SSSR count). The Hall–Kier alpha value is -2.46. The van der Waals surface area contributed by atoms with Gasteiger partial charge >= 0.3 is 0 Å². The molecule has 0 spiro atoms. The van der Waals surface area contributed by atoms with E-state index in [1.807, 2.05) is 29.6 Å². The summed E-state index contributed by atoms with van der Waals surface area (Å²) in [4.78, 5) is 16.3. The van der Waals surface area contributed by atoms with E-state index in [0.29, 0.717) is 6.42 Å². The molecule has 0 saturated carbocycles. The van der Waals surface area contributed by atoms with Gasteiger partial charge in [-0.3, -0.25) is 4.79 Å². The first-order valence-electron chi connectivity index (χ1n) is 7.56. The van der Waals surface area contributed by atoms with Gasteiger partial charge in [-0.05, 0) is 43.2 Å². The average Bonchev–Trinajstić information content (AvgIpc) is 3.09. The monoisotopic (exact) mass is 322 g/mol. The number of nitrogens with zero attached hydrogens (tertiary/aromatic N) is 1. The lowest BCUT2D eigenvalue weighted by Crippen LogP contribution is -2.12. The highest BCUT2D eigenvalue weighted by Crippen LogP contribution is 2.23. The molecule has 0 atom stereocenters. The lowest BCUT2D eigenvalue weighted by atomic mass is 10.1. The second kappa shape index (κ2) is 7.20. The molecule has 0 aliphatic heterocycles. The molecule has 116 valence electrons. The quantitative estimate of drug-likeness (QED) is 0.740. The minimum absolute atomic E-state index is 0.0348. The third-order valence-electron chi connectivity index (χ3n) is 3.61. The molecule has 0 aliphatic rings. The molecule has 1 amide bonds. The molecule has 0 bridgehead atoms. The number of hydrogen-bond donors (Lipinski definition) is 1. The number of carbonyl (C=O) groups is 1. The Balaban J connectivity index is 1.54. The Morgan fingerprint density at radius 2 is 1.83 bits per heavy atom. The molecular weight excluding hydrogens is 304 g/mol. The number of nitrogens with one attached hydrogen (secondary N) is 1. The van der Waals surface area contributed by atoms with Crippen LogP contribution >= 0.6 is 11.3 Å². The van der Waals surface area contributed by atoms with Crippen LogP contribution in [0.15, 0.2) is 60.1 Å². The van der Waals surface area contributed by atoms with E-state index >= 15 is 0 Å². The molecule has 0 aliphatic carbocycles. The van der Waals surface area contributed by atoms with E-state index in [4.69, 9.17) is 0 Å². The number of hydrogen-bond acceptors (Lipinski definition) is 3. The lowest BCUT2D eigenvalue weighted by molar-refractivity contribution is -0.116. The summed E-state index contributed by atoms with van der Waals surface area (Å²) in [5.74, 6) is 0.0348. The molecule has 0 fully saturated rings. The summed E-state index contributed by atoms with van der Waals surface area (Å²) in [6, 6.07) is 16.1. The van der Waals surface area contributed by atoms with Crippen LogP contribution in [0.5, 0.6) is 0 Å². The summed E-state index contributed by atoms with van der Waals surface area (Å²) in [6.45, 7) is 2.06. The highest BCUT2D eigenvalue weighted by atomic mass is 32.1. The maximum atomic E-state index is 12.0. The molecule has 2 aromatic carbocycles. The number of rotatable bonds is 5. The summed E-state index contributed by atoms with van der Waals surface area (Å²) >= 11 is 1.60. The molecule has 1 heterocycles. The summed E-state index contributed by atoms with van der Waals surface area (Å²) < 4.78 is 0. The first-order valence-corrected chi connectivity index (χ1v) is 8.44. The van der Waals surface area contributed by atoms with E-state index in [1.54, 1.807) is 17.5 Å².